The van der Waals surface area contributed by atoms with Crippen molar-refractivity contribution in [1.29, 1.82) is 5.26 Å². The summed E-state index contributed by atoms with van der Waals surface area (Å²) in [5, 5.41) is 21.8. The monoisotopic (exact) mass is 397 g/mol. The molecule has 1 aliphatic heterocycles. The number of benzene rings is 1. The van der Waals surface area contributed by atoms with Gasteiger partial charge in [-0.05, 0) is 24.3 Å². The van der Waals surface area contributed by atoms with Crippen LogP contribution in [0.4, 0.5) is 11.6 Å². The predicted molar refractivity (Wildman–Crippen MR) is 98.9 cm³/mol. The summed E-state index contributed by atoms with van der Waals surface area (Å²) < 4.78 is 29.6. The quantitative estimate of drug-likeness (QED) is 0.652. The van der Waals surface area contributed by atoms with Crippen molar-refractivity contribution in [2.24, 2.45) is 5.14 Å². The second-order valence-corrected chi connectivity index (χ2v) is 7.72. The largest absolute Gasteiger partial charge is 0.377 e. The van der Waals surface area contributed by atoms with Crippen molar-refractivity contribution in [2.75, 3.05) is 18.5 Å². The van der Waals surface area contributed by atoms with Crippen LogP contribution in [0, 0.1) is 11.3 Å². The highest BCUT2D eigenvalue weighted by Crippen LogP contribution is 2.25. The molecule has 0 amide bonds. The lowest BCUT2D eigenvalue weighted by Crippen LogP contribution is -2.30. The zero-order valence-electron chi connectivity index (χ0n) is 14.5. The zero-order valence-corrected chi connectivity index (χ0v) is 15.3. The second kappa shape index (κ2) is 7.01. The molecule has 4 rings (SSSR count). The van der Waals surface area contributed by atoms with Crippen LogP contribution in [0.5, 0.6) is 0 Å². The second-order valence-electron chi connectivity index (χ2n) is 6.16. The van der Waals surface area contributed by atoms with Gasteiger partial charge in [-0.25, -0.2) is 23.5 Å². The highest BCUT2D eigenvalue weighted by atomic mass is 32.2. The molecule has 2 aromatic heterocycles. The fourth-order valence-corrected chi connectivity index (χ4v) is 3.15. The molecule has 0 atom stereocenters. The number of nitrogens with zero attached hydrogens (tertiary/aromatic N) is 5. The number of hydrogen-bond donors (Lipinski definition) is 2. The molecule has 142 valence electrons. The van der Waals surface area contributed by atoms with Crippen molar-refractivity contribution in [3.63, 3.8) is 0 Å². The van der Waals surface area contributed by atoms with E-state index in [1.165, 1.54) is 18.3 Å². The summed E-state index contributed by atoms with van der Waals surface area (Å²) in [5.74, 6) is 0.261. The molecule has 1 fully saturated rings. The minimum atomic E-state index is -3.76. The van der Waals surface area contributed by atoms with Crippen LogP contribution in [0.2, 0.25) is 0 Å². The van der Waals surface area contributed by atoms with Gasteiger partial charge >= 0.3 is 0 Å². The van der Waals surface area contributed by atoms with Gasteiger partial charge in [0.05, 0.1) is 47.8 Å². The number of rotatable bonds is 5. The van der Waals surface area contributed by atoms with E-state index in [2.05, 4.69) is 26.5 Å². The van der Waals surface area contributed by atoms with Crippen LogP contribution in [-0.2, 0) is 14.8 Å². The van der Waals surface area contributed by atoms with Crippen LogP contribution in [0.25, 0.3) is 11.3 Å². The number of nitriles is 1. The Morgan fingerprint density at radius 1 is 1.25 bits per heavy atom. The number of ether oxygens (including phenoxy) is 1. The lowest BCUT2D eigenvalue weighted by atomic mass is 10.1. The van der Waals surface area contributed by atoms with E-state index in [9.17, 15) is 13.7 Å². The molecule has 28 heavy (non-hydrogen) atoms. The van der Waals surface area contributed by atoms with Crippen molar-refractivity contribution in [1.82, 2.24) is 19.7 Å². The smallest absolute Gasteiger partial charge is 0.238 e. The van der Waals surface area contributed by atoms with Gasteiger partial charge in [-0.1, -0.05) is 0 Å². The van der Waals surface area contributed by atoms with E-state index in [0.717, 1.165) is 0 Å². The molecule has 1 aliphatic rings. The van der Waals surface area contributed by atoms with Crippen LogP contribution in [0.1, 0.15) is 11.6 Å². The molecule has 0 radical (unpaired) electrons. The highest BCUT2D eigenvalue weighted by Gasteiger charge is 2.22. The number of nitrogens with one attached hydrogen (secondary N) is 1. The third-order valence-corrected chi connectivity index (χ3v) is 5.15. The van der Waals surface area contributed by atoms with Gasteiger partial charge < -0.3 is 10.1 Å². The summed E-state index contributed by atoms with van der Waals surface area (Å²) in [6.07, 6.45) is 4.89. The summed E-state index contributed by atoms with van der Waals surface area (Å²) in [5.41, 5.74) is 2.04. The average Bonchev–Trinajstić information content (AvgIpc) is 3.09. The highest BCUT2D eigenvalue weighted by molar-refractivity contribution is 7.89. The maximum absolute atomic E-state index is 11.3. The van der Waals surface area contributed by atoms with E-state index < -0.39 is 10.0 Å². The normalized spacial score (nSPS) is 14.3. The van der Waals surface area contributed by atoms with E-state index in [1.807, 2.05) is 6.20 Å². The van der Waals surface area contributed by atoms with Crippen LogP contribution in [0.3, 0.4) is 0 Å². The number of sulfonamides is 1. The topological polar surface area (TPSA) is 149 Å². The first kappa shape index (κ1) is 18.1. The maximum atomic E-state index is 11.3. The summed E-state index contributed by atoms with van der Waals surface area (Å²) in [6, 6.07) is 8.14. The molecule has 0 aliphatic carbocycles. The molecule has 3 aromatic rings. The van der Waals surface area contributed by atoms with Crippen molar-refractivity contribution in [3.8, 4) is 17.3 Å². The SMILES string of the molecule is N#Cc1cnc(Nc2ccc(S(N)(=O)=O)cc2)nc1-c1cnn(C2COC2)c1. The fraction of sp³-hybridized carbons (Fsp3) is 0.176. The van der Waals surface area contributed by atoms with Crippen LogP contribution >= 0.6 is 0 Å². The Bertz CT molecular complexity index is 1160. The molecule has 0 unspecified atom stereocenters. The average molecular weight is 397 g/mol. The Balaban J connectivity index is 1.61. The Labute approximate surface area is 160 Å². The molecule has 10 nitrogen and oxygen atoms in total. The van der Waals surface area contributed by atoms with Gasteiger partial charge in [-0.2, -0.15) is 10.4 Å². The predicted octanol–water partition coefficient (Wildman–Crippen LogP) is 1.17. The summed E-state index contributed by atoms with van der Waals surface area (Å²) in [6.45, 7) is 1.22. The van der Waals surface area contributed by atoms with E-state index in [4.69, 9.17) is 9.88 Å². The minimum absolute atomic E-state index is 0.00636. The molecular formula is C17H15N7O3S. The van der Waals surface area contributed by atoms with Gasteiger partial charge in [0.1, 0.15) is 6.07 Å². The number of primary sulfonamides is 1. The van der Waals surface area contributed by atoms with Crippen LogP contribution in [0.15, 0.2) is 47.8 Å². The van der Waals surface area contributed by atoms with Gasteiger partial charge in [-0.15, -0.1) is 0 Å². The third-order valence-electron chi connectivity index (χ3n) is 4.22. The molecule has 3 N–H and O–H groups in total. The van der Waals surface area contributed by atoms with Crippen molar-refractivity contribution in [2.45, 2.75) is 10.9 Å². The Hall–Kier alpha value is -3.33. The standard InChI is InChI=1S/C17H15N7O3S/c18-5-11-6-20-17(22-13-1-3-15(4-2-13)28(19,25)26)23-16(11)12-7-21-24(8-12)14-9-27-10-14/h1-4,6-8,14H,9-10H2,(H2,19,25,26)(H,20,22,23). The van der Waals surface area contributed by atoms with E-state index in [1.54, 1.807) is 23.0 Å². The lowest BCUT2D eigenvalue weighted by Gasteiger charge is -2.25. The van der Waals surface area contributed by atoms with Gasteiger partial charge in [0.25, 0.3) is 0 Å². The molecule has 1 aromatic carbocycles. The Morgan fingerprint density at radius 3 is 2.61 bits per heavy atom. The van der Waals surface area contributed by atoms with Crippen molar-refractivity contribution >= 4 is 21.7 Å². The first-order valence-corrected chi connectivity index (χ1v) is 9.78. The molecule has 0 bridgehead atoms. The Kier molecular flexibility index (Phi) is 4.52. The molecule has 3 heterocycles. The minimum Gasteiger partial charge on any atom is -0.377 e. The number of anilines is 2. The molecule has 1 saturated heterocycles. The van der Waals surface area contributed by atoms with Crippen LogP contribution < -0.4 is 10.5 Å². The number of nitrogens with two attached hydrogens (primary N) is 1. The van der Waals surface area contributed by atoms with E-state index >= 15 is 0 Å². The van der Waals surface area contributed by atoms with E-state index in [0.29, 0.717) is 35.7 Å². The van der Waals surface area contributed by atoms with Crippen molar-refractivity contribution in [3.05, 3.63) is 48.4 Å². The summed E-state index contributed by atoms with van der Waals surface area (Å²) in [7, 11) is -3.76. The number of aromatic nitrogens is 4. The lowest BCUT2D eigenvalue weighted by molar-refractivity contribution is -0.0286. The van der Waals surface area contributed by atoms with Crippen LogP contribution in [-0.4, -0.2) is 41.4 Å². The Morgan fingerprint density at radius 2 is 2.00 bits per heavy atom. The zero-order chi connectivity index (χ0) is 19.7. The fourth-order valence-electron chi connectivity index (χ4n) is 2.64. The van der Waals surface area contributed by atoms with E-state index in [-0.39, 0.29) is 16.9 Å². The molecular weight excluding hydrogens is 382 g/mol. The van der Waals surface area contributed by atoms with Gasteiger partial charge in [0.15, 0.2) is 0 Å². The first-order chi connectivity index (χ1) is 13.4. The summed E-state index contributed by atoms with van der Waals surface area (Å²) in [4.78, 5) is 8.57. The van der Waals surface area contributed by atoms with Gasteiger partial charge in [0.2, 0.25) is 16.0 Å². The molecule has 11 heteroatoms. The molecule has 0 spiro atoms. The van der Waals surface area contributed by atoms with Gasteiger partial charge in [-0.3, -0.25) is 4.68 Å². The maximum Gasteiger partial charge on any atom is 0.238 e. The summed E-state index contributed by atoms with van der Waals surface area (Å²) >= 11 is 0. The third kappa shape index (κ3) is 3.56. The number of hydrogen-bond acceptors (Lipinski definition) is 8. The van der Waals surface area contributed by atoms with Crippen molar-refractivity contribution < 1.29 is 13.2 Å². The molecule has 0 saturated carbocycles. The first-order valence-electron chi connectivity index (χ1n) is 8.23. The van der Waals surface area contributed by atoms with Gasteiger partial charge in [0, 0.05) is 17.4 Å².